The van der Waals surface area contributed by atoms with Crippen molar-refractivity contribution in [3.63, 3.8) is 0 Å². The van der Waals surface area contributed by atoms with Gasteiger partial charge >= 0.3 is 0 Å². The summed E-state index contributed by atoms with van der Waals surface area (Å²) >= 11 is 0. The summed E-state index contributed by atoms with van der Waals surface area (Å²) in [7, 11) is -2.93. The zero-order chi connectivity index (χ0) is 13.6. The highest BCUT2D eigenvalue weighted by molar-refractivity contribution is 7.91. The molecule has 2 atom stereocenters. The number of rotatable bonds is 6. The van der Waals surface area contributed by atoms with Crippen LogP contribution in [0.25, 0.3) is 0 Å². The van der Waals surface area contributed by atoms with Crippen LogP contribution in [0.2, 0.25) is 0 Å². The minimum Gasteiger partial charge on any atom is -0.356 e. The molecule has 0 aliphatic heterocycles. The lowest BCUT2D eigenvalue weighted by Crippen LogP contribution is -2.40. The quantitative estimate of drug-likeness (QED) is 0.739. The third-order valence-electron chi connectivity index (χ3n) is 3.39. The molecule has 1 saturated carbocycles. The maximum absolute atomic E-state index is 11.5. The maximum Gasteiger partial charge on any atom is 0.221 e. The van der Waals surface area contributed by atoms with E-state index in [-0.39, 0.29) is 17.2 Å². The Hall–Kier alpha value is -0.620. The summed E-state index contributed by atoms with van der Waals surface area (Å²) in [6.45, 7) is 3.16. The Morgan fingerprint density at radius 3 is 2.67 bits per heavy atom. The van der Waals surface area contributed by atoms with E-state index in [1.165, 1.54) is 6.26 Å². The standard InChI is InChI=1S/C12H24N2O3S/c1-3-13-12(15)7-8-14-10-5-4-6-11(9-10)18(2,16)17/h10-11,14H,3-9H2,1-2H3,(H,13,15). The van der Waals surface area contributed by atoms with Gasteiger partial charge in [-0.3, -0.25) is 4.79 Å². The van der Waals surface area contributed by atoms with E-state index in [2.05, 4.69) is 10.6 Å². The first kappa shape index (κ1) is 15.4. The highest BCUT2D eigenvalue weighted by atomic mass is 32.2. The second-order valence-electron chi connectivity index (χ2n) is 4.97. The van der Waals surface area contributed by atoms with Crippen molar-refractivity contribution in [1.29, 1.82) is 0 Å². The van der Waals surface area contributed by atoms with E-state index < -0.39 is 9.84 Å². The molecule has 106 valence electrons. The number of hydrogen-bond donors (Lipinski definition) is 2. The van der Waals surface area contributed by atoms with Gasteiger partial charge in [0, 0.05) is 31.8 Å². The molecular formula is C12H24N2O3S. The molecule has 0 aromatic rings. The van der Waals surface area contributed by atoms with Crippen LogP contribution < -0.4 is 10.6 Å². The van der Waals surface area contributed by atoms with Crippen molar-refractivity contribution in [2.75, 3.05) is 19.3 Å². The molecule has 0 aromatic heterocycles. The third-order valence-corrected chi connectivity index (χ3v) is 5.03. The molecule has 1 fully saturated rings. The fourth-order valence-electron chi connectivity index (χ4n) is 2.39. The van der Waals surface area contributed by atoms with Gasteiger partial charge in [0.2, 0.25) is 5.91 Å². The van der Waals surface area contributed by atoms with E-state index in [4.69, 9.17) is 0 Å². The topological polar surface area (TPSA) is 75.3 Å². The van der Waals surface area contributed by atoms with E-state index in [0.29, 0.717) is 25.9 Å². The summed E-state index contributed by atoms with van der Waals surface area (Å²) in [5, 5.41) is 5.81. The van der Waals surface area contributed by atoms with Gasteiger partial charge in [-0.25, -0.2) is 8.42 Å². The zero-order valence-electron chi connectivity index (χ0n) is 11.2. The molecule has 1 aliphatic carbocycles. The molecule has 5 nitrogen and oxygen atoms in total. The number of hydrogen-bond acceptors (Lipinski definition) is 4. The number of amides is 1. The van der Waals surface area contributed by atoms with E-state index in [0.717, 1.165) is 19.3 Å². The number of nitrogens with one attached hydrogen (secondary N) is 2. The molecule has 0 saturated heterocycles. The van der Waals surface area contributed by atoms with Crippen LogP contribution in [0.1, 0.15) is 39.0 Å². The molecule has 1 rings (SSSR count). The summed E-state index contributed by atoms with van der Waals surface area (Å²) in [5.74, 6) is 0.0421. The van der Waals surface area contributed by atoms with Gasteiger partial charge in [-0.2, -0.15) is 0 Å². The van der Waals surface area contributed by atoms with Gasteiger partial charge in [0.15, 0.2) is 0 Å². The Balaban J connectivity index is 2.29. The van der Waals surface area contributed by atoms with Gasteiger partial charge in [0.1, 0.15) is 9.84 Å². The van der Waals surface area contributed by atoms with Gasteiger partial charge in [-0.1, -0.05) is 6.42 Å². The van der Waals surface area contributed by atoms with Crippen LogP contribution in [0.3, 0.4) is 0 Å². The summed E-state index contributed by atoms with van der Waals surface area (Å²) in [6, 6.07) is 0.230. The summed E-state index contributed by atoms with van der Waals surface area (Å²) < 4.78 is 23.0. The molecule has 2 unspecified atom stereocenters. The fraction of sp³-hybridized carbons (Fsp3) is 0.917. The number of carbonyl (C=O) groups is 1. The maximum atomic E-state index is 11.5. The van der Waals surface area contributed by atoms with Crippen molar-refractivity contribution in [1.82, 2.24) is 10.6 Å². The molecule has 1 aliphatic rings. The number of carbonyl (C=O) groups excluding carboxylic acids is 1. The molecule has 1 amide bonds. The van der Waals surface area contributed by atoms with Crippen molar-refractivity contribution < 1.29 is 13.2 Å². The highest BCUT2D eigenvalue weighted by Gasteiger charge is 2.28. The Morgan fingerprint density at radius 1 is 1.33 bits per heavy atom. The second kappa shape index (κ2) is 7.09. The molecule has 18 heavy (non-hydrogen) atoms. The lowest BCUT2D eigenvalue weighted by Gasteiger charge is -2.28. The van der Waals surface area contributed by atoms with Crippen molar-refractivity contribution in [3.05, 3.63) is 0 Å². The van der Waals surface area contributed by atoms with Gasteiger partial charge in [-0.15, -0.1) is 0 Å². The van der Waals surface area contributed by atoms with Crippen molar-refractivity contribution in [2.45, 2.75) is 50.3 Å². The minimum absolute atomic E-state index is 0.0421. The van der Waals surface area contributed by atoms with Crippen molar-refractivity contribution in [2.24, 2.45) is 0 Å². The summed E-state index contributed by atoms with van der Waals surface area (Å²) in [6.07, 6.45) is 5.15. The Labute approximate surface area is 110 Å². The molecule has 0 aromatic carbocycles. The molecular weight excluding hydrogens is 252 g/mol. The molecule has 2 N–H and O–H groups in total. The van der Waals surface area contributed by atoms with E-state index in [1.807, 2.05) is 6.92 Å². The smallest absolute Gasteiger partial charge is 0.221 e. The van der Waals surface area contributed by atoms with Gasteiger partial charge in [-0.05, 0) is 26.2 Å². The first-order chi connectivity index (χ1) is 8.43. The lowest BCUT2D eigenvalue weighted by atomic mass is 9.95. The van der Waals surface area contributed by atoms with Crippen LogP contribution in [0.15, 0.2) is 0 Å². The van der Waals surface area contributed by atoms with Crippen molar-refractivity contribution >= 4 is 15.7 Å². The summed E-state index contributed by atoms with van der Waals surface area (Å²) in [4.78, 5) is 11.3. The molecule has 6 heteroatoms. The summed E-state index contributed by atoms with van der Waals surface area (Å²) in [5.41, 5.74) is 0. The SMILES string of the molecule is CCNC(=O)CCNC1CCCC(S(C)(=O)=O)C1. The lowest BCUT2D eigenvalue weighted by molar-refractivity contribution is -0.120. The highest BCUT2D eigenvalue weighted by Crippen LogP contribution is 2.23. The fourth-order valence-corrected chi connectivity index (χ4v) is 3.57. The van der Waals surface area contributed by atoms with E-state index >= 15 is 0 Å². The molecule has 0 radical (unpaired) electrons. The second-order valence-corrected chi connectivity index (χ2v) is 7.30. The van der Waals surface area contributed by atoms with Gasteiger partial charge in [0.25, 0.3) is 0 Å². The van der Waals surface area contributed by atoms with Crippen LogP contribution >= 0.6 is 0 Å². The van der Waals surface area contributed by atoms with Crippen LogP contribution in [0.5, 0.6) is 0 Å². The number of sulfone groups is 1. The first-order valence-electron chi connectivity index (χ1n) is 6.62. The van der Waals surface area contributed by atoms with E-state index in [9.17, 15) is 13.2 Å². The zero-order valence-corrected chi connectivity index (χ0v) is 12.1. The monoisotopic (exact) mass is 276 g/mol. The van der Waals surface area contributed by atoms with Gasteiger partial charge < -0.3 is 10.6 Å². The molecule has 0 spiro atoms. The molecule has 0 heterocycles. The Bertz CT molecular complexity index is 368. The normalized spacial score (nSPS) is 24.8. The largest absolute Gasteiger partial charge is 0.356 e. The van der Waals surface area contributed by atoms with Crippen LogP contribution in [-0.2, 0) is 14.6 Å². The average Bonchev–Trinajstić information content (AvgIpc) is 2.29. The minimum atomic E-state index is -2.93. The van der Waals surface area contributed by atoms with Crippen LogP contribution in [0.4, 0.5) is 0 Å². The van der Waals surface area contributed by atoms with Crippen LogP contribution in [0, 0.1) is 0 Å². The molecule has 0 bridgehead atoms. The predicted octanol–water partition coefficient (Wildman–Crippen LogP) is 0.458. The first-order valence-corrected chi connectivity index (χ1v) is 8.58. The van der Waals surface area contributed by atoms with Crippen molar-refractivity contribution in [3.8, 4) is 0 Å². The predicted molar refractivity (Wildman–Crippen MR) is 72.2 cm³/mol. The Kier molecular flexibility index (Phi) is 6.08. The van der Waals surface area contributed by atoms with Gasteiger partial charge in [0.05, 0.1) is 5.25 Å². The third kappa shape index (κ3) is 5.35. The Morgan fingerprint density at radius 2 is 2.06 bits per heavy atom. The van der Waals surface area contributed by atoms with E-state index in [1.54, 1.807) is 0 Å². The average molecular weight is 276 g/mol. The van der Waals surface area contributed by atoms with Crippen LogP contribution in [-0.4, -0.2) is 45.0 Å².